The lowest BCUT2D eigenvalue weighted by Gasteiger charge is -2.29. The summed E-state index contributed by atoms with van der Waals surface area (Å²) in [5.74, 6) is -2.45. The monoisotopic (exact) mass is 357 g/mol. The second-order valence-corrected chi connectivity index (χ2v) is 6.46. The summed E-state index contributed by atoms with van der Waals surface area (Å²) in [6.45, 7) is -0.630. The second kappa shape index (κ2) is 6.33. The fourth-order valence-corrected chi connectivity index (χ4v) is 3.48. The SMILES string of the molecule is O=C(CC1OCCc2ccccc21)N1CCC(C(=O)O)(C(F)(F)F)C1. The van der Waals surface area contributed by atoms with Crippen LogP contribution in [-0.2, 0) is 20.7 Å². The number of carboxylic acids is 1. The third kappa shape index (κ3) is 3.10. The number of amides is 1. The first-order chi connectivity index (χ1) is 11.7. The first kappa shape index (κ1) is 17.7. The minimum Gasteiger partial charge on any atom is -0.481 e. The van der Waals surface area contributed by atoms with Crippen molar-refractivity contribution in [2.45, 2.75) is 31.5 Å². The highest BCUT2D eigenvalue weighted by Crippen LogP contribution is 2.46. The molecule has 1 amide bonds. The van der Waals surface area contributed by atoms with Gasteiger partial charge in [-0.15, -0.1) is 0 Å². The molecule has 0 bridgehead atoms. The van der Waals surface area contributed by atoms with Gasteiger partial charge < -0.3 is 14.7 Å². The van der Waals surface area contributed by atoms with Crippen LogP contribution in [0.5, 0.6) is 0 Å². The van der Waals surface area contributed by atoms with Gasteiger partial charge in [0.05, 0.1) is 19.1 Å². The summed E-state index contributed by atoms with van der Waals surface area (Å²) in [4.78, 5) is 24.6. The maximum absolute atomic E-state index is 13.2. The van der Waals surface area contributed by atoms with Gasteiger partial charge in [0, 0.05) is 13.1 Å². The average molecular weight is 357 g/mol. The molecule has 3 rings (SSSR count). The van der Waals surface area contributed by atoms with Crippen molar-refractivity contribution in [3.63, 3.8) is 0 Å². The zero-order valence-corrected chi connectivity index (χ0v) is 13.4. The summed E-state index contributed by atoms with van der Waals surface area (Å²) in [6.07, 6.45) is -5.41. The van der Waals surface area contributed by atoms with Crippen molar-refractivity contribution in [2.75, 3.05) is 19.7 Å². The number of nitrogens with zero attached hydrogens (tertiary/aromatic N) is 1. The zero-order valence-electron chi connectivity index (χ0n) is 13.4. The van der Waals surface area contributed by atoms with E-state index in [-0.39, 0.29) is 13.0 Å². The summed E-state index contributed by atoms with van der Waals surface area (Å²) < 4.78 is 45.3. The molecule has 2 heterocycles. The van der Waals surface area contributed by atoms with Crippen molar-refractivity contribution in [3.05, 3.63) is 35.4 Å². The van der Waals surface area contributed by atoms with Gasteiger partial charge in [-0.3, -0.25) is 9.59 Å². The Labute approximate surface area is 142 Å². The predicted octanol–water partition coefficient (Wildman–Crippen LogP) is 2.56. The molecule has 2 aliphatic rings. The highest BCUT2D eigenvalue weighted by Gasteiger charge is 2.64. The largest absolute Gasteiger partial charge is 0.481 e. The van der Waals surface area contributed by atoms with Crippen LogP contribution in [0.25, 0.3) is 0 Å². The van der Waals surface area contributed by atoms with Crippen molar-refractivity contribution in [1.82, 2.24) is 4.90 Å². The lowest BCUT2D eigenvalue weighted by atomic mass is 9.86. The third-order valence-electron chi connectivity index (χ3n) is 5.03. The molecule has 2 aliphatic heterocycles. The van der Waals surface area contributed by atoms with E-state index in [1.165, 1.54) is 0 Å². The van der Waals surface area contributed by atoms with Crippen LogP contribution in [0.4, 0.5) is 13.2 Å². The number of carboxylic acid groups (broad SMARTS) is 1. The molecular formula is C17H18F3NO4. The minimum atomic E-state index is -4.90. The molecule has 5 nitrogen and oxygen atoms in total. The summed E-state index contributed by atoms with van der Waals surface area (Å²) in [7, 11) is 0. The number of rotatable bonds is 3. The number of aliphatic carboxylic acids is 1. The molecule has 1 N–H and O–H groups in total. The summed E-state index contributed by atoms with van der Waals surface area (Å²) in [5.41, 5.74) is -0.960. The minimum absolute atomic E-state index is 0.0927. The van der Waals surface area contributed by atoms with Gasteiger partial charge in [-0.05, 0) is 24.0 Å². The number of fused-ring (bicyclic) bond motifs is 1. The average Bonchev–Trinajstić information content (AvgIpc) is 3.02. The van der Waals surface area contributed by atoms with Gasteiger partial charge in [-0.1, -0.05) is 24.3 Å². The molecule has 8 heteroatoms. The van der Waals surface area contributed by atoms with Gasteiger partial charge in [0.15, 0.2) is 5.41 Å². The molecule has 1 fully saturated rings. The lowest BCUT2D eigenvalue weighted by molar-refractivity contribution is -0.227. The van der Waals surface area contributed by atoms with Gasteiger partial charge in [-0.2, -0.15) is 13.2 Å². The fourth-order valence-electron chi connectivity index (χ4n) is 3.48. The first-order valence-electron chi connectivity index (χ1n) is 8.02. The number of carbonyl (C=O) groups excluding carboxylic acids is 1. The molecule has 2 unspecified atom stereocenters. The fraction of sp³-hybridized carbons (Fsp3) is 0.529. The second-order valence-electron chi connectivity index (χ2n) is 6.46. The van der Waals surface area contributed by atoms with E-state index in [1.54, 1.807) is 0 Å². The molecular weight excluding hydrogens is 339 g/mol. The third-order valence-corrected chi connectivity index (χ3v) is 5.03. The molecule has 25 heavy (non-hydrogen) atoms. The molecule has 0 radical (unpaired) electrons. The molecule has 1 saturated heterocycles. The van der Waals surface area contributed by atoms with Crippen LogP contribution in [0.1, 0.15) is 30.1 Å². The smallest absolute Gasteiger partial charge is 0.406 e. The van der Waals surface area contributed by atoms with Gasteiger partial charge in [0.25, 0.3) is 0 Å². The number of hydrogen-bond acceptors (Lipinski definition) is 3. The van der Waals surface area contributed by atoms with Crippen LogP contribution >= 0.6 is 0 Å². The Bertz CT molecular complexity index is 691. The van der Waals surface area contributed by atoms with Gasteiger partial charge in [-0.25, -0.2) is 0 Å². The summed E-state index contributed by atoms with van der Waals surface area (Å²) >= 11 is 0. The molecule has 0 spiro atoms. The van der Waals surface area contributed by atoms with E-state index in [1.807, 2.05) is 24.3 Å². The van der Waals surface area contributed by atoms with Crippen LogP contribution in [0.2, 0.25) is 0 Å². The molecule has 1 aromatic rings. The van der Waals surface area contributed by atoms with E-state index >= 15 is 0 Å². The van der Waals surface area contributed by atoms with E-state index in [0.29, 0.717) is 6.61 Å². The summed E-state index contributed by atoms with van der Waals surface area (Å²) in [6, 6.07) is 7.48. The van der Waals surface area contributed by atoms with Crippen molar-refractivity contribution in [1.29, 1.82) is 0 Å². The maximum atomic E-state index is 13.2. The number of likely N-dealkylation sites (tertiary alicyclic amines) is 1. The van der Waals surface area contributed by atoms with Crippen molar-refractivity contribution >= 4 is 11.9 Å². The van der Waals surface area contributed by atoms with Gasteiger partial charge in [0.1, 0.15) is 0 Å². The predicted molar refractivity (Wildman–Crippen MR) is 80.8 cm³/mol. The quantitative estimate of drug-likeness (QED) is 0.903. The molecule has 0 saturated carbocycles. The maximum Gasteiger partial charge on any atom is 0.406 e. The lowest BCUT2D eigenvalue weighted by Crippen LogP contribution is -2.47. The van der Waals surface area contributed by atoms with Crippen LogP contribution < -0.4 is 0 Å². The summed E-state index contributed by atoms with van der Waals surface area (Å²) in [5, 5.41) is 9.07. The van der Waals surface area contributed by atoms with Crippen molar-refractivity contribution < 1.29 is 32.6 Å². The Morgan fingerprint density at radius 3 is 2.68 bits per heavy atom. The van der Waals surface area contributed by atoms with E-state index < -0.39 is 42.5 Å². The Kier molecular flexibility index (Phi) is 4.49. The topological polar surface area (TPSA) is 66.8 Å². The molecule has 136 valence electrons. The number of carbonyl (C=O) groups is 2. The van der Waals surface area contributed by atoms with Crippen molar-refractivity contribution in [2.24, 2.45) is 5.41 Å². The van der Waals surface area contributed by atoms with E-state index in [0.717, 1.165) is 22.4 Å². The van der Waals surface area contributed by atoms with Crippen LogP contribution in [-0.4, -0.2) is 47.8 Å². The Morgan fingerprint density at radius 1 is 1.32 bits per heavy atom. The Morgan fingerprint density at radius 2 is 2.04 bits per heavy atom. The van der Waals surface area contributed by atoms with Crippen LogP contribution in [0, 0.1) is 5.41 Å². The molecule has 2 atom stereocenters. The number of ether oxygens (including phenoxy) is 1. The number of benzene rings is 1. The molecule has 1 aromatic carbocycles. The first-order valence-corrected chi connectivity index (χ1v) is 8.02. The van der Waals surface area contributed by atoms with Gasteiger partial charge in [0.2, 0.25) is 5.91 Å². The number of alkyl halides is 3. The van der Waals surface area contributed by atoms with Crippen molar-refractivity contribution in [3.8, 4) is 0 Å². The highest BCUT2D eigenvalue weighted by atomic mass is 19.4. The van der Waals surface area contributed by atoms with E-state index in [4.69, 9.17) is 9.84 Å². The Hall–Kier alpha value is -2.09. The van der Waals surface area contributed by atoms with Crippen LogP contribution in [0.3, 0.4) is 0 Å². The molecule has 0 aliphatic carbocycles. The van der Waals surface area contributed by atoms with E-state index in [2.05, 4.69) is 0 Å². The number of hydrogen-bond donors (Lipinski definition) is 1. The molecule has 0 aromatic heterocycles. The Balaban J connectivity index is 1.73. The normalized spacial score (nSPS) is 26.4. The van der Waals surface area contributed by atoms with Crippen LogP contribution in [0.15, 0.2) is 24.3 Å². The standard InChI is InChI=1S/C17H18F3NO4/c18-17(19,20)16(15(23)24)6-7-21(10-16)14(22)9-13-12-4-2-1-3-11(12)5-8-25-13/h1-4,13H,5-10H2,(H,23,24). The highest BCUT2D eigenvalue weighted by molar-refractivity contribution is 5.81. The number of halogens is 3. The van der Waals surface area contributed by atoms with E-state index in [9.17, 15) is 22.8 Å². The zero-order chi connectivity index (χ0) is 18.2. The van der Waals surface area contributed by atoms with Gasteiger partial charge >= 0.3 is 12.1 Å².